The van der Waals surface area contributed by atoms with E-state index in [9.17, 15) is 4.39 Å². The first-order valence-electron chi connectivity index (χ1n) is 9.07. The van der Waals surface area contributed by atoms with Crippen LogP contribution in [0.25, 0.3) is 5.70 Å². The Morgan fingerprint density at radius 2 is 2.08 bits per heavy atom. The molecule has 1 aromatic carbocycles. The van der Waals surface area contributed by atoms with E-state index in [1.165, 1.54) is 25.7 Å². The topological polar surface area (TPSA) is 15.3 Å². The lowest BCUT2D eigenvalue weighted by molar-refractivity contribution is 0.0492. The van der Waals surface area contributed by atoms with Crippen LogP contribution in [0.15, 0.2) is 36.9 Å². The number of hydrogen-bond acceptors (Lipinski definition) is 2. The molecule has 1 spiro atoms. The zero-order chi connectivity index (χ0) is 17.2. The first-order chi connectivity index (χ1) is 11.5. The molecular weight excluding hydrogens is 299 g/mol. The van der Waals surface area contributed by atoms with Crippen molar-refractivity contribution in [2.45, 2.75) is 39.2 Å². The molecule has 24 heavy (non-hydrogen) atoms. The Balaban J connectivity index is 1.62. The van der Waals surface area contributed by atoms with Gasteiger partial charge in [-0.25, -0.2) is 4.39 Å². The lowest BCUT2D eigenvalue weighted by atomic mass is 9.64. The third kappa shape index (κ3) is 3.41. The molecule has 1 unspecified atom stereocenters. The minimum Gasteiger partial charge on any atom is -0.388 e. The molecule has 1 N–H and O–H groups in total. The minimum atomic E-state index is -0.127. The van der Waals surface area contributed by atoms with Crippen LogP contribution in [-0.4, -0.2) is 25.0 Å². The molecule has 3 heteroatoms. The molecule has 1 aliphatic heterocycles. The van der Waals surface area contributed by atoms with Crippen molar-refractivity contribution >= 4 is 5.70 Å². The Morgan fingerprint density at radius 3 is 2.71 bits per heavy atom. The molecule has 2 nitrogen and oxygen atoms in total. The van der Waals surface area contributed by atoms with Gasteiger partial charge in [-0.15, -0.1) is 0 Å². The highest BCUT2D eigenvalue weighted by molar-refractivity contribution is 5.61. The molecule has 130 valence electrons. The maximum atomic E-state index is 14.4. The molecule has 0 bridgehead atoms. The summed E-state index contributed by atoms with van der Waals surface area (Å²) in [5.41, 5.74) is 2.84. The molecule has 1 aliphatic carbocycles. The molecule has 2 aliphatic rings. The molecule has 0 amide bonds. The van der Waals surface area contributed by atoms with E-state index in [2.05, 4.69) is 35.9 Å². The fourth-order valence-electron chi connectivity index (χ4n) is 4.17. The van der Waals surface area contributed by atoms with Crippen LogP contribution in [0.4, 0.5) is 4.39 Å². The predicted octanol–water partition coefficient (Wildman–Crippen LogP) is 4.58. The van der Waals surface area contributed by atoms with Gasteiger partial charge in [-0.1, -0.05) is 37.8 Å². The lowest BCUT2D eigenvalue weighted by Gasteiger charge is -2.46. The van der Waals surface area contributed by atoms with Crippen molar-refractivity contribution in [3.63, 3.8) is 0 Å². The van der Waals surface area contributed by atoms with Crippen molar-refractivity contribution in [3.8, 4) is 0 Å². The Kier molecular flexibility index (Phi) is 5.09. The summed E-state index contributed by atoms with van der Waals surface area (Å²) in [5, 5.41) is 2.97. The normalized spacial score (nSPS) is 23.4. The molecule has 1 saturated heterocycles. The molecule has 0 saturated carbocycles. The Labute approximate surface area is 145 Å². The highest BCUT2D eigenvalue weighted by atomic mass is 19.1. The molecule has 0 radical (unpaired) electrons. The van der Waals surface area contributed by atoms with Crippen molar-refractivity contribution < 1.29 is 4.39 Å². The maximum Gasteiger partial charge on any atom is 0.128 e. The van der Waals surface area contributed by atoms with Crippen LogP contribution in [0.1, 0.15) is 43.7 Å². The van der Waals surface area contributed by atoms with Gasteiger partial charge in [0.15, 0.2) is 0 Å². The molecule has 1 aromatic rings. The maximum absolute atomic E-state index is 14.4. The second kappa shape index (κ2) is 7.10. The third-order valence-electron chi connectivity index (χ3n) is 6.18. The van der Waals surface area contributed by atoms with Crippen molar-refractivity contribution in [2.75, 3.05) is 20.1 Å². The third-order valence-corrected chi connectivity index (χ3v) is 6.18. The number of likely N-dealkylation sites (tertiary alicyclic amines) is 1. The molecular formula is C21H29FN2. The Bertz CT molecular complexity index is 627. The smallest absolute Gasteiger partial charge is 0.128 e. The number of halogens is 1. The molecule has 1 fully saturated rings. The van der Waals surface area contributed by atoms with Gasteiger partial charge in [-0.05, 0) is 61.7 Å². The van der Waals surface area contributed by atoms with Crippen LogP contribution in [0.3, 0.4) is 0 Å². The van der Waals surface area contributed by atoms with Gasteiger partial charge in [0.25, 0.3) is 0 Å². The number of rotatable bonds is 4. The van der Waals surface area contributed by atoms with Gasteiger partial charge in [0.1, 0.15) is 5.82 Å². The van der Waals surface area contributed by atoms with Gasteiger partial charge in [-0.3, -0.25) is 4.90 Å². The zero-order valence-electron chi connectivity index (χ0n) is 14.9. The van der Waals surface area contributed by atoms with Crippen LogP contribution in [0.2, 0.25) is 0 Å². The van der Waals surface area contributed by atoms with Crippen LogP contribution in [-0.2, 0) is 6.54 Å². The van der Waals surface area contributed by atoms with E-state index in [0.29, 0.717) is 12.0 Å². The monoisotopic (exact) mass is 328 g/mol. The van der Waals surface area contributed by atoms with Gasteiger partial charge < -0.3 is 5.32 Å². The number of nitrogens with one attached hydrogen (secondary N) is 1. The van der Waals surface area contributed by atoms with E-state index in [1.807, 2.05) is 12.1 Å². The summed E-state index contributed by atoms with van der Waals surface area (Å²) in [7, 11) is 1.80. The van der Waals surface area contributed by atoms with Crippen molar-refractivity contribution in [3.05, 3.63) is 53.9 Å². The molecule has 1 atom stereocenters. The standard InChI is InChI=1S/C21H29FN2/c1-16-6-4-5-9-21(16)10-12-24(13-11-21)15-19-8-7-18(14-20(19)22)17(2)23-3/h4-5,7-8,14,16,23H,2,6,9-13,15H2,1,3H3. The van der Waals surface area contributed by atoms with Crippen molar-refractivity contribution in [1.29, 1.82) is 0 Å². The predicted molar refractivity (Wildman–Crippen MR) is 99.0 cm³/mol. The van der Waals surface area contributed by atoms with Gasteiger partial charge in [0, 0.05) is 24.9 Å². The van der Waals surface area contributed by atoms with E-state index in [1.54, 1.807) is 13.1 Å². The number of piperidine rings is 1. The van der Waals surface area contributed by atoms with Crippen LogP contribution in [0.5, 0.6) is 0 Å². The second-order valence-electron chi connectivity index (χ2n) is 7.49. The number of nitrogens with zero attached hydrogens (tertiary/aromatic N) is 1. The molecule has 1 heterocycles. The number of hydrogen-bond donors (Lipinski definition) is 1. The summed E-state index contributed by atoms with van der Waals surface area (Å²) in [4.78, 5) is 2.40. The fraction of sp³-hybridized carbons (Fsp3) is 0.524. The summed E-state index contributed by atoms with van der Waals surface area (Å²) in [6.07, 6.45) is 9.59. The molecule has 3 rings (SSSR count). The summed E-state index contributed by atoms with van der Waals surface area (Å²) in [6.45, 7) is 9.14. The zero-order valence-corrected chi connectivity index (χ0v) is 14.9. The summed E-state index contributed by atoms with van der Waals surface area (Å²) < 4.78 is 14.4. The Hall–Kier alpha value is -1.61. The Morgan fingerprint density at radius 1 is 1.33 bits per heavy atom. The number of allylic oxidation sites excluding steroid dienone is 2. The first kappa shape index (κ1) is 17.2. The highest BCUT2D eigenvalue weighted by Crippen LogP contribution is 2.46. The molecule has 0 aromatic heterocycles. The average molecular weight is 328 g/mol. The van der Waals surface area contributed by atoms with Gasteiger partial charge in [-0.2, -0.15) is 0 Å². The average Bonchev–Trinajstić information content (AvgIpc) is 2.60. The lowest BCUT2D eigenvalue weighted by Crippen LogP contribution is -2.43. The van der Waals surface area contributed by atoms with Crippen LogP contribution >= 0.6 is 0 Å². The first-order valence-corrected chi connectivity index (χ1v) is 9.07. The SMILES string of the molecule is C=C(NC)c1ccc(CN2CCC3(CC=CCC3C)CC2)c(F)c1. The minimum absolute atomic E-state index is 0.127. The van der Waals surface area contributed by atoms with E-state index in [-0.39, 0.29) is 5.82 Å². The fourth-order valence-corrected chi connectivity index (χ4v) is 4.17. The summed E-state index contributed by atoms with van der Waals surface area (Å²) in [6, 6.07) is 5.45. The van der Waals surface area contributed by atoms with E-state index in [4.69, 9.17) is 0 Å². The van der Waals surface area contributed by atoms with Crippen molar-refractivity contribution in [1.82, 2.24) is 10.2 Å². The van der Waals surface area contributed by atoms with Gasteiger partial charge in [0.2, 0.25) is 0 Å². The van der Waals surface area contributed by atoms with E-state index >= 15 is 0 Å². The highest BCUT2D eigenvalue weighted by Gasteiger charge is 2.39. The van der Waals surface area contributed by atoms with Crippen molar-refractivity contribution in [2.24, 2.45) is 11.3 Å². The number of benzene rings is 1. The second-order valence-corrected chi connectivity index (χ2v) is 7.49. The summed E-state index contributed by atoms with van der Waals surface area (Å²) >= 11 is 0. The largest absolute Gasteiger partial charge is 0.388 e. The van der Waals surface area contributed by atoms with Crippen LogP contribution in [0, 0.1) is 17.2 Å². The van der Waals surface area contributed by atoms with Crippen LogP contribution < -0.4 is 5.32 Å². The quantitative estimate of drug-likeness (QED) is 0.814. The van der Waals surface area contributed by atoms with Gasteiger partial charge in [0.05, 0.1) is 0 Å². The van der Waals surface area contributed by atoms with Gasteiger partial charge >= 0.3 is 0 Å². The van der Waals surface area contributed by atoms with E-state index < -0.39 is 0 Å². The summed E-state index contributed by atoms with van der Waals surface area (Å²) in [5.74, 6) is 0.645. The van der Waals surface area contributed by atoms with E-state index in [0.717, 1.165) is 35.8 Å².